The van der Waals surface area contributed by atoms with Crippen LogP contribution in [0.5, 0.6) is 5.75 Å². The zero-order valence-electron chi connectivity index (χ0n) is 10.2. The van der Waals surface area contributed by atoms with Gasteiger partial charge in [0.2, 0.25) is 0 Å². The summed E-state index contributed by atoms with van der Waals surface area (Å²) in [4.78, 5) is 4.82. The van der Waals surface area contributed by atoms with Crippen molar-refractivity contribution < 1.29 is 9.50 Å². The zero-order valence-corrected chi connectivity index (χ0v) is 11.7. The molecule has 2 aromatic carbocycles. The third-order valence-corrected chi connectivity index (χ3v) is 4.12. The van der Waals surface area contributed by atoms with E-state index in [2.05, 4.69) is 4.98 Å². The molecule has 0 radical (unpaired) electrons. The third-order valence-electron chi connectivity index (χ3n) is 2.84. The number of benzene rings is 2. The Morgan fingerprint density at radius 1 is 1.10 bits per heavy atom. The lowest BCUT2D eigenvalue weighted by molar-refractivity contribution is 0.481. The Morgan fingerprint density at radius 2 is 1.85 bits per heavy atom. The van der Waals surface area contributed by atoms with Gasteiger partial charge in [0.15, 0.2) is 5.82 Å². The minimum Gasteiger partial charge on any atom is -0.507 e. The second kappa shape index (κ2) is 5.31. The number of phenolic OH excluding ortho intramolecular Hbond substituents is 1. The van der Waals surface area contributed by atoms with Gasteiger partial charge < -0.3 is 5.11 Å². The maximum Gasteiger partial charge on any atom is 0.157 e. The molecule has 0 atom stereocenters. The summed E-state index contributed by atoms with van der Waals surface area (Å²) < 4.78 is 13.8. The van der Waals surface area contributed by atoms with Crippen molar-refractivity contribution in [1.82, 2.24) is 4.98 Å². The molecule has 0 aliphatic carbocycles. The van der Waals surface area contributed by atoms with Crippen molar-refractivity contribution >= 4 is 34.1 Å². The molecule has 0 aliphatic heterocycles. The number of pyridine rings is 1. The van der Waals surface area contributed by atoms with Crippen LogP contribution in [0.2, 0.25) is 5.02 Å². The average Bonchev–Trinajstić information content (AvgIpc) is 2.45. The van der Waals surface area contributed by atoms with Crippen molar-refractivity contribution in [2.24, 2.45) is 0 Å². The van der Waals surface area contributed by atoms with E-state index in [-0.39, 0.29) is 15.8 Å². The molecular weight excluding hydrogens is 297 g/mol. The molecule has 0 fully saturated rings. The van der Waals surface area contributed by atoms with E-state index < -0.39 is 5.82 Å². The van der Waals surface area contributed by atoms with E-state index in [0.29, 0.717) is 0 Å². The lowest BCUT2D eigenvalue weighted by Crippen LogP contribution is -1.87. The molecule has 0 aliphatic rings. The molecule has 0 amide bonds. The number of nitrogens with zero attached hydrogens (tertiary/aromatic N) is 1. The smallest absolute Gasteiger partial charge is 0.157 e. The fourth-order valence-corrected chi connectivity index (χ4v) is 2.96. The average molecular weight is 306 g/mol. The predicted molar refractivity (Wildman–Crippen MR) is 78.9 cm³/mol. The number of hydrogen-bond acceptors (Lipinski definition) is 3. The Kier molecular flexibility index (Phi) is 3.51. The first kappa shape index (κ1) is 13.2. The number of fused-ring (bicyclic) bond motifs is 1. The lowest BCUT2D eigenvalue weighted by Gasteiger charge is -2.08. The Balaban J connectivity index is 2.09. The highest BCUT2D eigenvalue weighted by molar-refractivity contribution is 7.99. The van der Waals surface area contributed by atoms with Gasteiger partial charge in [0, 0.05) is 16.5 Å². The van der Waals surface area contributed by atoms with Crippen molar-refractivity contribution in [3.8, 4) is 5.75 Å². The van der Waals surface area contributed by atoms with Crippen LogP contribution in [0, 0.1) is 5.82 Å². The summed E-state index contributed by atoms with van der Waals surface area (Å²) in [5.74, 6) is -0.255. The zero-order chi connectivity index (χ0) is 14.1. The summed E-state index contributed by atoms with van der Waals surface area (Å²) in [5.41, 5.74) is 0. The van der Waals surface area contributed by atoms with Gasteiger partial charge in [-0.3, -0.25) is 0 Å². The second-order valence-electron chi connectivity index (χ2n) is 4.17. The summed E-state index contributed by atoms with van der Waals surface area (Å²) >= 11 is 6.90. The van der Waals surface area contributed by atoms with Crippen LogP contribution in [0.15, 0.2) is 58.6 Å². The molecule has 5 heteroatoms. The molecule has 100 valence electrons. The van der Waals surface area contributed by atoms with Crippen molar-refractivity contribution in [2.75, 3.05) is 0 Å². The summed E-state index contributed by atoms with van der Waals surface area (Å²) in [6.07, 6.45) is 1.41. The van der Waals surface area contributed by atoms with Crippen LogP contribution in [-0.4, -0.2) is 10.1 Å². The molecule has 1 aromatic heterocycles. The maximum atomic E-state index is 13.8. The Hall–Kier alpha value is -1.78. The minimum absolute atomic E-state index is 0.203. The van der Waals surface area contributed by atoms with E-state index >= 15 is 0 Å². The van der Waals surface area contributed by atoms with E-state index in [9.17, 15) is 9.50 Å². The fraction of sp³-hybridized carbons (Fsp3) is 0. The number of halogens is 2. The SMILES string of the molecule is Oc1ccc(Sc2ncc(Cl)cc2F)c2ccccc12. The van der Waals surface area contributed by atoms with Gasteiger partial charge in [-0.25, -0.2) is 9.37 Å². The van der Waals surface area contributed by atoms with Crippen LogP contribution in [0.4, 0.5) is 4.39 Å². The van der Waals surface area contributed by atoms with Crippen molar-refractivity contribution in [3.63, 3.8) is 0 Å². The standard InChI is InChI=1S/C15H9ClFNOS/c16-9-7-12(17)15(18-8-9)20-14-6-5-13(19)10-3-1-2-4-11(10)14/h1-8,19H. The molecule has 0 spiro atoms. The van der Waals surface area contributed by atoms with Gasteiger partial charge in [-0.15, -0.1) is 0 Å². The number of rotatable bonds is 2. The lowest BCUT2D eigenvalue weighted by atomic mass is 10.1. The van der Waals surface area contributed by atoms with Crippen LogP contribution in [0.1, 0.15) is 0 Å². The summed E-state index contributed by atoms with van der Waals surface area (Å²) in [6.45, 7) is 0. The van der Waals surface area contributed by atoms with Crippen molar-refractivity contribution in [2.45, 2.75) is 9.92 Å². The number of hydrogen-bond donors (Lipinski definition) is 1. The molecule has 3 aromatic rings. The second-order valence-corrected chi connectivity index (χ2v) is 5.64. The van der Waals surface area contributed by atoms with Crippen LogP contribution < -0.4 is 0 Å². The van der Waals surface area contributed by atoms with Crippen LogP contribution in [0.3, 0.4) is 0 Å². The first-order chi connectivity index (χ1) is 9.65. The van der Waals surface area contributed by atoms with Gasteiger partial charge in [-0.1, -0.05) is 47.6 Å². The molecule has 3 rings (SSSR count). The Bertz CT molecular complexity index is 794. The van der Waals surface area contributed by atoms with E-state index in [1.54, 1.807) is 12.1 Å². The minimum atomic E-state index is -0.459. The molecular formula is C15H9ClFNOS. The largest absolute Gasteiger partial charge is 0.507 e. The topological polar surface area (TPSA) is 33.1 Å². The summed E-state index contributed by atoms with van der Waals surface area (Å²) in [6, 6.07) is 12.0. The molecule has 0 saturated carbocycles. The fourth-order valence-electron chi connectivity index (χ4n) is 1.93. The van der Waals surface area contributed by atoms with Crippen LogP contribution >= 0.6 is 23.4 Å². The molecule has 2 nitrogen and oxygen atoms in total. The van der Waals surface area contributed by atoms with Gasteiger partial charge in [0.1, 0.15) is 10.8 Å². The van der Waals surface area contributed by atoms with E-state index in [1.165, 1.54) is 24.0 Å². The Morgan fingerprint density at radius 3 is 2.60 bits per heavy atom. The van der Waals surface area contributed by atoms with Crippen LogP contribution in [-0.2, 0) is 0 Å². The quantitative estimate of drug-likeness (QED) is 0.732. The molecule has 0 unspecified atom stereocenters. The van der Waals surface area contributed by atoms with E-state index in [1.807, 2.05) is 24.3 Å². The van der Waals surface area contributed by atoms with Gasteiger partial charge in [0.25, 0.3) is 0 Å². The van der Waals surface area contributed by atoms with E-state index in [0.717, 1.165) is 15.7 Å². The molecule has 0 bridgehead atoms. The van der Waals surface area contributed by atoms with Gasteiger partial charge in [0.05, 0.1) is 5.02 Å². The molecule has 1 N–H and O–H groups in total. The van der Waals surface area contributed by atoms with Crippen molar-refractivity contribution in [1.29, 1.82) is 0 Å². The van der Waals surface area contributed by atoms with Gasteiger partial charge >= 0.3 is 0 Å². The highest BCUT2D eigenvalue weighted by Crippen LogP contribution is 2.37. The first-order valence-corrected chi connectivity index (χ1v) is 7.04. The maximum absolute atomic E-state index is 13.8. The third kappa shape index (κ3) is 2.44. The molecule has 0 saturated heterocycles. The molecule has 20 heavy (non-hydrogen) atoms. The van der Waals surface area contributed by atoms with Gasteiger partial charge in [-0.05, 0) is 23.6 Å². The van der Waals surface area contributed by atoms with Crippen molar-refractivity contribution in [3.05, 3.63) is 59.5 Å². The molecule has 1 heterocycles. The summed E-state index contributed by atoms with van der Waals surface area (Å²) in [5, 5.41) is 11.9. The van der Waals surface area contributed by atoms with Gasteiger partial charge in [-0.2, -0.15) is 0 Å². The number of phenols is 1. The van der Waals surface area contributed by atoms with E-state index in [4.69, 9.17) is 11.6 Å². The highest BCUT2D eigenvalue weighted by Gasteiger charge is 2.10. The van der Waals surface area contributed by atoms with Crippen LogP contribution in [0.25, 0.3) is 10.8 Å². The number of aromatic hydroxyl groups is 1. The normalized spacial score (nSPS) is 10.9. The summed E-state index contributed by atoms with van der Waals surface area (Å²) in [7, 11) is 0. The Labute approximate surface area is 124 Å². The predicted octanol–water partition coefficient (Wildman–Crippen LogP) is 4.88. The highest BCUT2D eigenvalue weighted by atomic mass is 35.5. The monoisotopic (exact) mass is 305 g/mol. The number of aromatic nitrogens is 1. The first-order valence-electron chi connectivity index (χ1n) is 5.85.